The number of para-hydroxylation sites is 4. The second-order valence-electron chi connectivity index (χ2n) is 10.8. The van der Waals surface area contributed by atoms with Crippen LogP contribution in [0.4, 0.5) is 11.9 Å². The van der Waals surface area contributed by atoms with Crippen molar-refractivity contribution in [1.29, 1.82) is 0 Å². The Morgan fingerprint density at radius 2 is 1.00 bits per heavy atom. The Balaban J connectivity index is 1.27. The molecule has 0 radical (unpaired) electrons. The second-order valence-corrected chi connectivity index (χ2v) is 10.8. The number of H-pyrrole nitrogens is 2. The molecule has 4 aromatic carbocycles. The smallest absolute Gasteiger partial charge is 0.228 e. The van der Waals surface area contributed by atoms with Crippen molar-refractivity contribution in [3.8, 4) is 0 Å². The zero-order valence-corrected chi connectivity index (χ0v) is 23.0. The van der Waals surface area contributed by atoms with Gasteiger partial charge in [0.05, 0.1) is 22.1 Å². The summed E-state index contributed by atoms with van der Waals surface area (Å²) in [6.45, 7) is 4.15. The highest BCUT2D eigenvalue weighted by Crippen LogP contribution is 2.49. The van der Waals surface area contributed by atoms with E-state index >= 15 is 0 Å². The third kappa shape index (κ3) is 3.72. The maximum atomic E-state index is 5.27. The molecule has 206 valence electrons. The summed E-state index contributed by atoms with van der Waals surface area (Å²) in [7, 11) is 0. The van der Waals surface area contributed by atoms with Crippen LogP contribution in [0.15, 0.2) is 107 Å². The number of rotatable bonds is 4. The predicted octanol–water partition coefficient (Wildman–Crippen LogP) is 5.20. The molecule has 4 heterocycles. The van der Waals surface area contributed by atoms with E-state index in [1.807, 2.05) is 48.5 Å². The number of hydrogen-bond acceptors (Lipinski definition) is 8. The molecule has 2 aliphatic rings. The van der Waals surface area contributed by atoms with Crippen molar-refractivity contribution in [2.24, 2.45) is 9.98 Å². The fourth-order valence-corrected chi connectivity index (χ4v) is 5.78. The number of hydrogen-bond donors (Lipinski definition) is 6. The van der Waals surface area contributed by atoms with Crippen LogP contribution in [0, 0.1) is 13.8 Å². The molecule has 2 aliphatic heterocycles. The van der Waals surface area contributed by atoms with E-state index in [1.165, 1.54) is 0 Å². The van der Waals surface area contributed by atoms with Crippen LogP contribution in [0.5, 0.6) is 0 Å². The molecule has 42 heavy (non-hydrogen) atoms. The third-order valence-corrected chi connectivity index (χ3v) is 7.87. The van der Waals surface area contributed by atoms with Crippen molar-refractivity contribution < 1.29 is 0 Å². The van der Waals surface area contributed by atoms with Gasteiger partial charge in [-0.3, -0.25) is 10.6 Å². The number of aromatic amines is 2. The molecule has 0 unspecified atom stereocenters. The van der Waals surface area contributed by atoms with Gasteiger partial charge in [0, 0.05) is 11.1 Å². The number of aromatic nitrogens is 4. The van der Waals surface area contributed by atoms with Crippen molar-refractivity contribution in [2.45, 2.75) is 25.2 Å². The monoisotopic (exact) mass is 552 g/mol. The van der Waals surface area contributed by atoms with E-state index in [0.717, 1.165) is 44.3 Å². The van der Waals surface area contributed by atoms with Gasteiger partial charge >= 0.3 is 0 Å². The maximum Gasteiger partial charge on any atom is 0.228 e. The van der Waals surface area contributed by atoms with E-state index in [-0.39, 0.29) is 0 Å². The molecule has 2 aromatic heterocycles. The van der Waals surface area contributed by atoms with Gasteiger partial charge in [0.25, 0.3) is 0 Å². The van der Waals surface area contributed by atoms with Gasteiger partial charge in [-0.1, -0.05) is 83.9 Å². The standard InChI is InChI=1S/C32H28N10/c1-19-11-15-21(16-12-19)31-32(22-17-13-20(2)14-18-22,41-29(39-31)37-27-33-23-7-3-4-8-24(23)34-27)42-30(40-31)38-28-35-25-9-5-6-10-26(25)36-28/h3-18H,1-2H3,(H3,33,34,37,39,41)(H3,35,36,38,40,42). The van der Waals surface area contributed by atoms with Gasteiger partial charge < -0.3 is 20.6 Å². The number of benzene rings is 4. The summed E-state index contributed by atoms with van der Waals surface area (Å²) in [5.74, 6) is 2.25. The van der Waals surface area contributed by atoms with Crippen LogP contribution in [0.25, 0.3) is 22.1 Å². The third-order valence-electron chi connectivity index (χ3n) is 7.87. The van der Waals surface area contributed by atoms with Gasteiger partial charge in [0.15, 0.2) is 5.66 Å². The SMILES string of the molecule is Cc1ccc(C23N=C(Nc4nc5ccccc5[nH]4)NC2(c2ccc(C)cc2)NC(Nc2nc4ccccc4[nH]2)=N3)cc1. The number of nitrogens with one attached hydrogen (secondary N) is 6. The van der Waals surface area contributed by atoms with Crippen LogP contribution in [0.1, 0.15) is 22.3 Å². The summed E-state index contributed by atoms with van der Waals surface area (Å²) in [5.41, 5.74) is 5.78. The first-order valence-electron chi connectivity index (χ1n) is 13.8. The molecule has 10 nitrogen and oxygen atoms in total. The lowest BCUT2D eigenvalue weighted by molar-refractivity contribution is 0.234. The number of nitrogens with zero attached hydrogens (tertiary/aromatic N) is 4. The minimum absolute atomic E-state index is 0.536. The molecule has 8 rings (SSSR count). The Kier molecular flexibility index (Phi) is 5.14. The van der Waals surface area contributed by atoms with Gasteiger partial charge in [0.2, 0.25) is 29.5 Å². The van der Waals surface area contributed by atoms with Crippen LogP contribution in [0.2, 0.25) is 0 Å². The van der Waals surface area contributed by atoms with Gasteiger partial charge in [-0.05, 0) is 38.1 Å². The largest absolute Gasteiger partial charge is 0.325 e. The summed E-state index contributed by atoms with van der Waals surface area (Å²) in [5, 5.41) is 14.1. The van der Waals surface area contributed by atoms with Crippen LogP contribution >= 0.6 is 0 Å². The second kappa shape index (κ2) is 8.93. The highest BCUT2D eigenvalue weighted by Gasteiger charge is 2.63. The van der Waals surface area contributed by atoms with E-state index < -0.39 is 11.3 Å². The maximum absolute atomic E-state index is 5.27. The normalized spacial score (nSPS) is 21.0. The molecular weight excluding hydrogens is 524 g/mol. The van der Waals surface area contributed by atoms with Gasteiger partial charge in [-0.2, -0.15) is 0 Å². The molecule has 0 amide bonds. The molecule has 0 saturated carbocycles. The molecule has 0 bridgehead atoms. The summed E-state index contributed by atoms with van der Waals surface area (Å²) < 4.78 is 0. The Morgan fingerprint density at radius 1 is 0.548 bits per heavy atom. The number of imidazole rings is 2. The van der Waals surface area contributed by atoms with E-state index in [0.29, 0.717) is 23.8 Å². The highest BCUT2D eigenvalue weighted by atomic mass is 15.5. The summed E-state index contributed by atoms with van der Waals surface area (Å²) in [4.78, 5) is 26.6. The van der Waals surface area contributed by atoms with Crippen molar-refractivity contribution in [1.82, 2.24) is 30.6 Å². The van der Waals surface area contributed by atoms with Crippen molar-refractivity contribution in [3.05, 3.63) is 119 Å². The van der Waals surface area contributed by atoms with Crippen LogP contribution in [-0.2, 0) is 11.3 Å². The number of fused-ring (bicyclic) bond motifs is 3. The fourth-order valence-electron chi connectivity index (χ4n) is 5.78. The Labute approximate surface area is 241 Å². The Bertz CT molecular complexity index is 1850. The van der Waals surface area contributed by atoms with Crippen LogP contribution < -0.4 is 21.3 Å². The number of guanidine groups is 2. The summed E-state index contributed by atoms with van der Waals surface area (Å²) in [6, 6.07) is 32.6. The molecular formula is C32H28N10. The average Bonchev–Trinajstić information content (AvgIpc) is 3.73. The van der Waals surface area contributed by atoms with E-state index in [2.05, 4.69) is 93.6 Å². The van der Waals surface area contributed by atoms with Crippen molar-refractivity contribution in [2.75, 3.05) is 10.6 Å². The van der Waals surface area contributed by atoms with Crippen LogP contribution in [-0.4, -0.2) is 31.9 Å². The zero-order valence-electron chi connectivity index (χ0n) is 23.0. The minimum Gasteiger partial charge on any atom is -0.325 e. The number of aryl methyl sites for hydroxylation is 2. The fraction of sp³-hybridized carbons (Fsp3) is 0.125. The molecule has 0 saturated heterocycles. The minimum atomic E-state index is -1.10. The summed E-state index contributed by atoms with van der Waals surface area (Å²) >= 11 is 0. The molecule has 0 fully saturated rings. The first-order chi connectivity index (χ1) is 20.5. The first kappa shape index (κ1) is 24.2. The quantitative estimate of drug-likeness (QED) is 0.178. The molecule has 10 heteroatoms. The molecule has 6 aromatic rings. The predicted molar refractivity (Wildman–Crippen MR) is 166 cm³/mol. The van der Waals surface area contributed by atoms with E-state index in [4.69, 9.17) is 20.0 Å². The number of aliphatic imine (C=N–C) groups is 2. The molecule has 0 atom stereocenters. The lowest BCUT2D eigenvalue weighted by atomic mass is 9.82. The summed E-state index contributed by atoms with van der Waals surface area (Å²) in [6.07, 6.45) is 0. The van der Waals surface area contributed by atoms with E-state index in [1.54, 1.807) is 0 Å². The molecule has 6 N–H and O–H groups in total. The van der Waals surface area contributed by atoms with Gasteiger partial charge in [-0.25, -0.2) is 20.0 Å². The zero-order chi connectivity index (χ0) is 28.3. The van der Waals surface area contributed by atoms with Crippen LogP contribution in [0.3, 0.4) is 0 Å². The Hall–Kier alpha value is -5.64. The average molecular weight is 553 g/mol. The molecule has 0 spiro atoms. The highest BCUT2D eigenvalue weighted by molar-refractivity contribution is 6.01. The first-order valence-corrected chi connectivity index (χ1v) is 13.8. The Morgan fingerprint density at radius 3 is 1.48 bits per heavy atom. The van der Waals surface area contributed by atoms with Gasteiger partial charge in [0.1, 0.15) is 0 Å². The molecule has 0 aliphatic carbocycles. The number of anilines is 2. The van der Waals surface area contributed by atoms with Crippen molar-refractivity contribution in [3.63, 3.8) is 0 Å². The van der Waals surface area contributed by atoms with E-state index in [9.17, 15) is 0 Å². The van der Waals surface area contributed by atoms with Crippen molar-refractivity contribution >= 4 is 45.9 Å². The lowest BCUT2D eigenvalue weighted by Gasteiger charge is -2.37. The van der Waals surface area contributed by atoms with Gasteiger partial charge in [-0.15, -0.1) is 0 Å². The lowest BCUT2D eigenvalue weighted by Crippen LogP contribution is -2.60. The topological polar surface area (TPSA) is 130 Å².